The van der Waals surface area contributed by atoms with Gasteiger partial charge in [0.05, 0.1) is 24.5 Å². The summed E-state index contributed by atoms with van der Waals surface area (Å²) in [5.74, 6) is 0.0735. The van der Waals surface area contributed by atoms with E-state index in [1.54, 1.807) is 19.4 Å². The quantitative estimate of drug-likeness (QED) is 0.283. The van der Waals surface area contributed by atoms with Gasteiger partial charge in [-0.15, -0.1) is 0 Å². The lowest BCUT2D eigenvalue weighted by Crippen LogP contribution is -2.30. The Bertz CT molecular complexity index is 1520. The fourth-order valence-corrected chi connectivity index (χ4v) is 5.02. The molecule has 2 N–H and O–H groups in total. The molecule has 39 heavy (non-hydrogen) atoms. The molecule has 0 bridgehead atoms. The summed E-state index contributed by atoms with van der Waals surface area (Å²) in [6.07, 6.45) is 3.66. The predicted octanol–water partition coefficient (Wildman–Crippen LogP) is 6.18. The van der Waals surface area contributed by atoms with Gasteiger partial charge in [0.15, 0.2) is 5.11 Å². The van der Waals surface area contributed by atoms with Crippen molar-refractivity contribution in [2.75, 3.05) is 17.3 Å². The minimum absolute atomic E-state index is 0.118. The van der Waals surface area contributed by atoms with Gasteiger partial charge < -0.3 is 24.8 Å². The molecule has 5 rings (SSSR count). The zero-order valence-electron chi connectivity index (χ0n) is 22.2. The zero-order chi connectivity index (χ0) is 27.7. The topological polar surface area (TPSA) is 71.4 Å². The lowest BCUT2D eigenvalue weighted by Gasteiger charge is -2.29. The first-order chi connectivity index (χ1) is 18.7. The van der Waals surface area contributed by atoms with Crippen LogP contribution in [-0.4, -0.2) is 27.7 Å². The number of hydrogen-bond donors (Lipinski definition) is 2. The van der Waals surface area contributed by atoms with Crippen LogP contribution < -0.4 is 20.3 Å². The number of benzene rings is 2. The molecule has 0 aliphatic carbocycles. The number of pyridine rings is 1. The highest BCUT2D eigenvalue weighted by molar-refractivity contribution is 7.80. The second-order valence-electron chi connectivity index (χ2n) is 10.4. The number of nitrogens with one attached hydrogen (secondary N) is 2. The lowest BCUT2D eigenvalue weighted by molar-refractivity contribution is -0.123. The van der Waals surface area contributed by atoms with Crippen molar-refractivity contribution in [3.05, 3.63) is 102 Å². The second kappa shape index (κ2) is 10.5. The Labute approximate surface area is 232 Å². The molecule has 7 nitrogen and oxygen atoms in total. The number of thiocarbonyl (C=S) groups is 1. The highest BCUT2D eigenvalue weighted by Crippen LogP contribution is 2.44. The molecule has 0 unspecified atom stereocenters. The van der Waals surface area contributed by atoms with E-state index in [0.29, 0.717) is 22.2 Å². The van der Waals surface area contributed by atoms with Crippen molar-refractivity contribution < 1.29 is 13.9 Å². The summed E-state index contributed by atoms with van der Waals surface area (Å²) < 4.78 is 21.8. The Morgan fingerprint density at radius 2 is 1.87 bits per heavy atom. The van der Waals surface area contributed by atoms with Gasteiger partial charge in [0.1, 0.15) is 17.6 Å². The van der Waals surface area contributed by atoms with Crippen LogP contribution in [0.2, 0.25) is 0 Å². The summed E-state index contributed by atoms with van der Waals surface area (Å²) in [6, 6.07) is 21.1. The minimum Gasteiger partial charge on any atom is -0.494 e. The largest absolute Gasteiger partial charge is 0.494 e. The number of rotatable bonds is 6. The molecule has 0 saturated carbocycles. The summed E-state index contributed by atoms with van der Waals surface area (Å²) in [5.41, 5.74) is 3.19. The fourth-order valence-electron chi connectivity index (χ4n) is 4.67. The van der Waals surface area contributed by atoms with E-state index in [1.807, 2.05) is 91.0 Å². The first-order valence-corrected chi connectivity index (χ1v) is 13.0. The van der Waals surface area contributed by atoms with E-state index in [1.165, 1.54) is 12.1 Å². The van der Waals surface area contributed by atoms with Crippen LogP contribution in [0.1, 0.15) is 44.2 Å². The zero-order valence-corrected chi connectivity index (χ0v) is 23.0. The molecular weight excluding hydrogens is 513 g/mol. The van der Waals surface area contributed by atoms with E-state index in [2.05, 4.69) is 15.6 Å². The number of carbonyl (C=O) groups excluding carboxylic acids is 1. The van der Waals surface area contributed by atoms with Gasteiger partial charge in [0.25, 0.3) is 0 Å². The van der Waals surface area contributed by atoms with Crippen molar-refractivity contribution in [3.8, 4) is 11.4 Å². The van der Waals surface area contributed by atoms with Crippen LogP contribution in [0.25, 0.3) is 5.69 Å². The maximum Gasteiger partial charge on any atom is 0.229 e. The standard InChI is InChI=1S/C30H30FN5O2S/c1-30(2,3)28(37)33-22-14-13-21(18-25(22)38-4)36-27(26(34-29(36)39)23-11-5-6-15-32-23)24-12-8-16-35(24)20-10-7-9-19(31)17-20/h5-18,26-27H,1-4H3,(H,33,37)(H,34,39)/t26-,27+/m0/s1. The number of aromatic nitrogens is 2. The first-order valence-electron chi connectivity index (χ1n) is 12.6. The SMILES string of the molecule is COc1cc(N2C(=S)N[C@@H](c3ccccn3)[C@H]2c2cccn2-c2cccc(F)c2)ccc1NC(=O)C(C)(C)C. The summed E-state index contributed by atoms with van der Waals surface area (Å²) >= 11 is 5.87. The van der Waals surface area contributed by atoms with Gasteiger partial charge in [-0.2, -0.15) is 0 Å². The molecule has 0 radical (unpaired) electrons. The maximum atomic E-state index is 14.2. The van der Waals surface area contributed by atoms with E-state index < -0.39 is 5.41 Å². The number of anilines is 2. The minimum atomic E-state index is -0.562. The van der Waals surface area contributed by atoms with Crippen LogP contribution >= 0.6 is 12.2 Å². The molecule has 1 saturated heterocycles. The van der Waals surface area contributed by atoms with Crippen LogP contribution in [0.5, 0.6) is 5.75 Å². The van der Waals surface area contributed by atoms with Crippen molar-refractivity contribution in [1.29, 1.82) is 0 Å². The molecule has 2 atom stereocenters. The van der Waals surface area contributed by atoms with Crippen molar-refractivity contribution in [2.45, 2.75) is 32.9 Å². The summed E-state index contributed by atoms with van der Waals surface area (Å²) in [6.45, 7) is 5.56. The molecule has 9 heteroatoms. The molecule has 1 aliphatic rings. The molecule has 200 valence electrons. The normalized spacial score (nSPS) is 17.2. The van der Waals surface area contributed by atoms with Crippen molar-refractivity contribution in [1.82, 2.24) is 14.9 Å². The average molecular weight is 544 g/mol. The van der Waals surface area contributed by atoms with Crippen molar-refractivity contribution in [3.63, 3.8) is 0 Å². The Morgan fingerprint density at radius 1 is 1.05 bits per heavy atom. The van der Waals surface area contributed by atoms with E-state index in [9.17, 15) is 9.18 Å². The molecule has 0 spiro atoms. The van der Waals surface area contributed by atoms with Gasteiger partial charge in [0, 0.05) is 40.9 Å². The predicted molar refractivity (Wildman–Crippen MR) is 155 cm³/mol. The molecule has 1 aliphatic heterocycles. The Balaban J connectivity index is 1.61. The molecule has 2 aromatic carbocycles. The van der Waals surface area contributed by atoms with Crippen LogP contribution in [0.4, 0.5) is 15.8 Å². The lowest BCUT2D eigenvalue weighted by atomic mass is 9.95. The van der Waals surface area contributed by atoms with Gasteiger partial charge in [0.2, 0.25) is 5.91 Å². The van der Waals surface area contributed by atoms with Crippen LogP contribution in [0.15, 0.2) is 85.2 Å². The van der Waals surface area contributed by atoms with E-state index in [-0.39, 0.29) is 23.8 Å². The number of nitrogens with zero attached hydrogens (tertiary/aromatic N) is 3. The third-order valence-electron chi connectivity index (χ3n) is 6.66. The third kappa shape index (κ3) is 5.22. The number of amides is 1. The number of hydrogen-bond acceptors (Lipinski definition) is 4. The first kappa shape index (κ1) is 26.4. The summed E-state index contributed by atoms with van der Waals surface area (Å²) in [7, 11) is 1.57. The highest BCUT2D eigenvalue weighted by Gasteiger charge is 2.42. The van der Waals surface area contributed by atoms with E-state index in [0.717, 1.165) is 17.1 Å². The number of methoxy groups -OCH3 is 1. The van der Waals surface area contributed by atoms with Crippen molar-refractivity contribution >= 4 is 34.6 Å². The molecule has 3 heterocycles. The highest BCUT2D eigenvalue weighted by atomic mass is 32.1. The smallest absolute Gasteiger partial charge is 0.229 e. The fraction of sp³-hybridized carbons (Fsp3) is 0.233. The van der Waals surface area contributed by atoms with Gasteiger partial charge in [-0.25, -0.2) is 4.39 Å². The van der Waals surface area contributed by atoms with E-state index in [4.69, 9.17) is 17.0 Å². The molecule has 1 amide bonds. The Hall–Kier alpha value is -4.24. The van der Waals surface area contributed by atoms with Crippen LogP contribution in [0, 0.1) is 11.2 Å². The van der Waals surface area contributed by atoms with Gasteiger partial charge in [-0.05, 0) is 66.8 Å². The number of halogens is 1. The molecule has 4 aromatic rings. The number of ether oxygens (including phenoxy) is 1. The van der Waals surface area contributed by atoms with E-state index >= 15 is 0 Å². The Morgan fingerprint density at radius 3 is 2.56 bits per heavy atom. The molecule has 1 fully saturated rings. The Kier molecular flexibility index (Phi) is 7.10. The van der Waals surface area contributed by atoms with Gasteiger partial charge in [-0.1, -0.05) is 32.9 Å². The van der Waals surface area contributed by atoms with Gasteiger partial charge in [-0.3, -0.25) is 9.78 Å². The monoisotopic (exact) mass is 543 g/mol. The van der Waals surface area contributed by atoms with Gasteiger partial charge >= 0.3 is 0 Å². The molecule has 2 aromatic heterocycles. The average Bonchev–Trinajstić information content (AvgIpc) is 3.53. The molecular formula is C30H30FN5O2S. The van der Waals surface area contributed by atoms with Crippen LogP contribution in [0.3, 0.4) is 0 Å². The summed E-state index contributed by atoms with van der Waals surface area (Å²) in [4.78, 5) is 19.3. The second-order valence-corrected chi connectivity index (χ2v) is 10.8. The maximum absolute atomic E-state index is 14.2. The van der Waals surface area contributed by atoms with Crippen molar-refractivity contribution in [2.24, 2.45) is 5.41 Å². The summed E-state index contributed by atoms with van der Waals surface area (Å²) in [5, 5.41) is 6.92. The number of carbonyl (C=O) groups is 1. The third-order valence-corrected chi connectivity index (χ3v) is 6.98. The van der Waals surface area contributed by atoms with Crippen LogP contribution in [-0.2, 0) is 4.79 Å².